The van der Waals surface area contributed by atoms with Crippen molar-refractivity contribution in [2.75, 3.05) is 66.1 Å². The molecular weight excluding hydrogens is 436 g/mol. The van der Waals surface area contributed by atoms with Gasteiger partial charge in [0.1, 0.15) is 6.61 Å². The SMILES string of the molecule is C=C(CCOCCOCC)C(=O)O.C=CC(=O)OCC.C=CC(=O)OCCOCCOCC. The van der Waals surface area contributed by atoms with Crippen LogP contribution in [-0.4, -0.2) is 89.1 Å². The van der Waals surface area contributed by atoms with Gasteiger partial charge in [-0.05, 0) is 20.8 Å². The fraction of sp³-hybridized carbons (Fsp3) is 0.609. The highest BCUT2D eigenvalue weighted by molar-refractivity contribution is 5.85. The first-order valence-corrected chi connectivity index (χ1v) is 10.6. The number of carboxylic acid groups (broad SMARTS) is 1. The van der Waals surface area contributed by atoms with Crippen molar-refractivity contribution in [2.45, 2.75) is 27.2 Å². The Morgan fingerprint density at radius 2 is 1.09 bits per heavy atom. The second-order valence-corrected chi connectivity index (χ2v) is 5.61. The Labute approximate surface area is 197 Å². The van der Waals surface area contributed by atoms with Crippen LogP contribution in [0.4, 0.5) is 0 Å². The molecule has 192 valence electrons. The molecule has 0 aromatic carbocycles. The summed E-state index contributed by atoms with van der Waals surface area (Å²) in [5, 5.41) is 8.44. The van der Waals surface area contributed by atoms with E-state index in [1.807, 2.05) is 13.8 Å². The Balaban J connectivity index is -0.000000429. The highest BCUT2D eigenvalue weighted by atomic mass is 16.6. The molecule has 0 heterocycles. The third-order valence-electron chi connectivity index (χ3n) is 3.09. The monoisotopic (exact) mass is 476 g/mol. The van der Waals surface area contributed by atoms with Crippen LogP contribution in [0.15, 0.2) is 37.5 Å². The van der Waals surface area contributed by atoms with Crippen LogP contribution in [0.25, 0.3) is 0 Å². The Morgan fingerprint density at radius 3 is 1.48 bits per heavy atom. The van der Waals surface area contributed by atoms with Crippen molar-refractivity contribution in [1.29, 1.82) is 0 Å². The molecule has 0 aromatic rings. The predicted octanol–water partition coefficient (Wildman–Crippen LogP) is 2.57. The number of carbonyl (C=O) groups is 3. The summed E-state index contributed by atoms with van der Waals surface area (Å²) in [5.41, 5.74) is 0.177. The molecule has 0 saturated heterocycles. The Hall–Kier alpha value is -2.53. The van der Waals surface area contributed by atoms with Gasteiger partial charge >= 0.3 is 17.9 Å². The van der Waals surface area contributed by atoms with Crippen molar-refractivity contribution < 1.29 is 47.9 Å². The lowest BCUT2D eigenvalue weighted by atomic mass is 10.2. The number of carboxylic acids is 1. The van der Waals surface area contributed by atoms with Gasteiger partial charge < -0.3 is 33.5 Å². The quantitative estimate of drug-likeness (QED) is 0.179. The van der Waals surface area contributed by atoms with Gasteiger partial charge in [0.25, 0.3) is 0 Å². The van der Waals surface area contributed by atoms with Crippen molar-refractivity contribution >= 4 is 17.9 Å². The molecule has 0 bridgehead atoms. The van der Waals surface area contributed by atoms with E-state index in [4.69, 9.17) is 24.1 Å². The summed E-state index contributed by atoms with van der Waals surface area (Å²) in [5.74, 6) is -1.75. The number of ether oxygens (including phenoxy) is 6. The molecule has 0 radical (unpaired) electrons. The maximum absolute atomic E-state index is 10.5. The fourth-order valence-corrected chi connectivity index (χ4v) is 1.49. The maximum atomic E-state index is 10.5. The van der Waals surface area contributed by atoms with E-state index in [1.165, 1.54) is 0 Å². The largest absolute Gasteiger partial charge is 0.478 e. The lowest BCUT2D eigenvalue weighted by Gasteiger charge is -2.04. The van der Waals surface area contributed by atoms with E-state index >= 15 is 0 Å². The van der Waals surface area contributed by atoms with Gasteiger partial charge in [-0.15, -0.1) is 0 Å². The minimum Gasteiger partial charge on any atom is -0.478 e. The molecule has 0 unspecified atom stereocenters. The normalized spacial score (nSPS) is 9.30. The topological polar surface area (TPSA) is 127 Å². The zero-order valence-electron chi connectivity index (χ0n) is 20.2. The molecule has 0 aliphatic carbocycles. The Kier molecular flexibility index (Phi) is 31.3. The third-order valence-corrected chi connectivity index (χ3v) is 3.09. The molecule has 10 heteroatoms. The molecular formula is C23H40O10. The minimum absolute atomic E-state index is 0.177. The van der Waals surface area contributed by atoms with Crippen molar-refractivity contribution in [1.82, 2.24) is 0 Å². The molecule has 0 fully saturated rings. The smallest absolute Gasteiger partial charge is 0.331 e. The van der Waals surface area contributed by atoms with Gasteiger partial charge in [0, 0.05) is 37.4 Å². The highest BCUT2D eigenvalue weighted by Crippen LogP contribution is 1.97. The van der Waals surface area contributed by atoms with Gasteiger partial charge in [-0.1, -0.05) is 19.7 Å². The summed E-state index contributed by atoms with van der Waals surface area (Å²) in [6, 6.07) is 0. The van der Waals surface area contributed by atoms with E-state index in [2.05, 4.69) is 29.2 Å². The second-order valence-electron chi connectivity index (χ2n) is 5.61. The Morgan fingerprint density at radius 1 is 0.667 bits per heavy atom. The number of hydrogen-bond acceptors (Lipinski definition) is 9. The van der Waals surface area contributed by atoms with Crippen molar-refractivity contribution in [2.24, 2.45) is 0 Å². The zero-order chi connectivity index (χ0) is 25.7. The zero-order valence-corrected chi connectivity index (χ0v) is 20.2. The molecule has 0 rings (SSSR count). The molecule has 0 spiro atoms. The lowest BCUT2D eigenvalue weighted by molar-refractivity contribution is -0.139. The van der Waals surface area contributed by atoms with E-state index in [0.29, 0.717) is 65.9 Å². The van der Waals surface area contributed by atoms with E-state index in [9.17, 15) is 14.4 Å². The number of esters is 2. The van der Waals surface area contributed by atoms with E-state index in [0.717, 1.165) is 12.2 Å². The molecule has 33 heavy (non-hydrogen) atoms. The molecule has 0 aliphatic rings. The summed E-state index contributed by atoms with van der Waals surface area (Å²) in [4.78, 5) is 30.9. The number of aliphatic carboxylic acids is 1. The fourth-order valence-electron chi connectivity index (χ4n) is 1.49. The molecule has 0 saturated carbocycles. The van der Waals surface area contributed by atoms with Crippen molar-refractivity contribution in [3.05, 3.63) is 37.5 Å². The minimum atomic E-state index is -0.964. The summed E-state index contributed by atoms with van der Waals surface area (Å²) in [7, 11) is 0. The summed E-state index contributed by atoms with van der Waals surface area (Å²) in [6.45, 7) is 20.4. The lowest BCUT2D eigenvalue weighted by Crippen LogP contribution is -2.11. The van der Waals surface area contributed by atoms with Gasteiger partial charge in [0.15, 0.2) is 0 Å². The standard InChI is InChI=1S/2C9H16O4.C5H8O2/c1-3-12-6-7-13-5-4-8(2)9(10)11;1-3-9(10)13-8-7-12-6-5-11-4-2;1-3-5(6)7-4-2/h2-7H2,1H3,(H,10,11);3H,1,4-8H2,2H3;3H,1,4H2,2H3. The highest BCUT2D eigenvalue weighted by Gasteiger charge is 2.02. The molecule has 0 aromatic heterocycles. The first-order chi connectivity index (χ1) is 15.8. The summed E-state index contributed by atoms with van der Waals surface area (Å²) in [6.07, 6.45) is 2.63. The van der Waals surface area contributed by atoms with Crippen LogP contribution < -0.4 is 0 Å². The maximum Gasteiger partial charge on any atom is 0.331 e. The molecule has 0 aliphatic heterocycles. The van der Waals surface area contributed by atoms with Crippen LogP contribution in [0, 0.1) is 0 Å². The number of rotatable bonds is 18. The second kappa shape index (κ2) is 29.5. The van der Waals surface area contributed by atoms with Crippen LogP contribution in [0.3, 0.4) is 0 Å². The summed E-state index contributed by atoms with van der Waals surface area (Å²) < 4.78 is 29.4. The van der Waals surface area contributed by atoms with E-state index in [-0.39, 0.29) is 18.1 Å². The number of carbonyl (C=O) groups excluding carboxylic acids is 2. The molecule has 1 N–H and O–H groups in total. The van der Waals surface area contributed by atoms with Crippen molar-refractivity contribution in [3.63, 3.8) is 0 Å². The molecule has 0 amide bonds. The van der Waals surface area contributed by atoms with Gasteiger partial charge in [-0.2, -0.15) is 0 Å². The van der Waals surface area contributed by atoms with Gasteiger partial charge in [0.2, 0.25) is 0 Å². The average molecular weight is 477 g/mol. The van der Waals surface area contributed by atoms with Crippen LogP contribution >= 0.6 is 0 Å². The van der Waals surface area contributed by atoms with Crippen LogP contribution in [0.2, 0.25) is 0 Å². The summed E-state index contributed by atoms with van der Waals surface area (Å²) >= 11 is 0. The van der Waals surface area contributed by atoms with Gasteiger partial charge in [0.05, 0.1) is 46.2 Å². The molecule has 10 nitrogen and oxygen atoms in total. The first-order valence-electron chi connectivity index (χ1n) is 10.6. The number of hydrogen-bond donors (Lipinski definition) is 1. The average Bonchev–Trinajstić information content (AvgIpc) is 2.81. The van der Waals surface area contributed by atoms with Gasteiger partial charge in [-0.3, -0.25) is 0 Å². The predicted molar refractivity (Wildman–Crippen MR) is 124 cm³/mol. The van der Waals surface area contributed by atoms with Crippen LogP contribution in [0.5, 0.6) is 0 Å². The van der Waals surface area contributed by atoms with Crippen LogP contribution in [0.1, 0.15) is 27.2 Å². The first kappa shape index (κ1) is 35.1. The van der Waals surface area contributed by atoms with Crippen LogP contribution in [-0.2, 0) is 42.8 Å². The van der Waals surface area contributed by atoms with Gasteiger partial charge in [-0.25, -0.2) is 14.4 Å². The molecule has 0 atom stereocenters. The Bertz CT molecular complexity index is 529. The van der Waals surface area contributed by atoms with E-state index < -0.39 is 11.9 Å². The van der Waals surface area contributed by atoms with Crippen molar-refractivity contribution in [3.8, 4) is 0 Å². The van der Waals surface area contributed by atoms with E-state index in [1.54, 1.807) is 6.92 Å². The third kappa shape index (κ3) is 34.3.